The van der Waals surface area contributed by atoms with Crippen LogP contribution in [0.5, 0.6) is 0 Å². The second-order valence-electron chi connectivity index (χ2n) is 4.55. The van der Waals surface area contributed by atoms with E-state index < -0.39 is 0 Å². The van der Waals surface area contributed by atoms with Gasteiger partial charge in [-0.1, -0.05) is 18.0 Å². The molecule has 3 N–H and O–H groups in total. The summed E-state index contributed by atoms with van der Waals surface area (Å²) in [6.07, 6.45) is 5.14. The SMILES string of the molecule is N/C(=N/O)c1ccc(N2CCCCCC2)cc1Br. The van der Waals surface area contributed by atoms with E-state index in [1.807, 2.05) is 18.2 Å². The summed E-state index contributed by atoms with van der Waals surface area (Å²) in [5.41, 5.74) is 7.52. The first-order valence-electron chi connectivity index (χ1n) is 6.25. The number of anilines is 1. The molecule has 2 rings (SSSR count). The number of amidine groups is 1. The Balaban J connectivity index is 2.22. The van der Waals surface area contributed by atoms with E-state index >= 15 is 0 Å². The minimum Gasteiger partial charge on any atom is -0.409 e. The Morgan fingerprint density at radius 3 is 2.44 bits per heavy atom. The number of halogens is 1. The highest BCUT2D eigenvalue weighted by Gasteiger charge is 2.12. The number of benzene rings is 1. The number of hydrogen-bond acceptors (Lipinski definition) is 3. The lowest BCUT2D eigenvalue weighted by Gasteiger charge is -2.23. The highest BCUT2D eigenvalue weighted by Crippen LogP contribution is 2.26. The molecule has 1 saturated heterocycles. The minimum atomic E-state index is 0.129. The molecule has 1 aliphatic rings. The lowest BCUT2D eigenvalue weighted by molar-refractivity contribution is 0.318. The zero-order valence-electron chi connectivity index (χ0n) is 10.3. The standard InChI is InChI=1S/C13H18BrN3O/c14-12-9-10(5-6-11(12)13(15)16-18)17-7-3-1-2-4-8-17/h5-6,9,18H,1-4,7-8H2,(H2,15,16). The van der Waals surface area contributed by atoms with Crippen molar-refractivity contribution in [3.05, 3.63) is 28.2 Å². The molecule has 0 aliphatic carbocycles. The van der Waals surface area contributed by atoms with Crippen molar-refractivity contribution in [3.8, 4) is 0 Å². The van der Waals surface area contributed by atoms with Crippen LogP contribution in [0.15, 0.2) is 27.8 Å². The van der Waals surface area contributed by atoms with Gasteiger partial charge in [-0.25, -0.2) is 0 Å². The van der Waals surface area contributed by atoms with Crippen LogP contribution in [0.3, 0.4) is 0 Å². The molecular weight excluding hydrogens is 294 g/mol. The van der Waals surface area contributed by atoms with Crippen LogP contribution in [0, 0.1) is 0 Å². The van der Waals surface area contributed by atoms with Crippen molar-refractivity contribution in [3.63, 3.8) is 0 Å². The lowest BCUT2D eigenvalue weighted by Crippen LogP contribution is -2.24. The molecule has 0 unspecified atom stereocenters. The van der Waals surface area contributed by atoms with Gasteiger partial charge in [0, 0.05) is 28.8 Å². The third kappa shape index (κ3) is 2.96. The molecule has 4 nitrogen and oxygen atoms in total. The molecule has 0 spiro atoms. The Hall–Kier alpha value is -1.23. The predicted molar refractivity (Wildman–Crippen MR) is 77.3 cm³/mol. The van der Waals surface area contributed by atoms with Gasteiger partial charge in [-0.2, -0.15) is 0 Å². The first kappa shape index (κ1) is 13.2. The molecule has 0 bridgehead atoms. The van der Waals surface area contributed by atoms with Gasteiger partial charge in [0.15, 0.2) is 5.84 Å². The van der Waals surface area contributed by atoms with Crippen molar-refractivity contribution in [1.82, 2.24) is 0 Å². The van der Waals surface area contributed by atoms with E-state index in [2.05, 4.69) is 26.0 Å². The maximum atomic E-state index is 8.70. The Kier molecular flexibility index (Phi) is 4.47. The van der Waals surface area contributed by atoms with Gasteiger partial charge in [0.05, 0.1) is 0 Å². The zero-order valence-corrected chi connectivity index (χ0v) is 11.9. The topological polar surface area (TPSA) is 61.9 Å². The summed E-state index contributed by atoms with van der Waals surface area (Å²) in [5.74, 6) is 0.129. The Morgan fingerprint density at radius 2 is 1.89 bits per heavy atom. The monoisotopic (exact) mass is 311 g/mol. The Morgan fingerprint density at radius 1 is 1.22 bits per heavy atom. The van der Waals surface area contributed by atoms with Gasteiger partial charge < -0.3 is 15.8 Å². The molecular formula is C13H18BrN3O. The fourth-order valence-corrected chi connectivity index (χ4v) is 2.86. The first-order valence-corrected chi connectivity index (χ1v) is 7.04. The molecule has 5 heteroatoms. The van der Waals surface area contributed by atoms with Crippen molar-refractivity contribution in [2.24, 2.45) is 10.9 Å². The summed E-state index contributed by atoms with van der Waals surface area (Å²) < 4.78 is 0.861. The number of hydrogen-bond donors (Lipinski definition) is 2. The van der Waals surface area contributed by atoms with Gasteiger partial charge >= 0.3 is 0 Å². The maximum absolute atomic E-state index is 8.70. The highest BCUT2D eigenvalue weighted by molar-refractivity contribution is 9.10. The van der Waals surface area contributed by atoms with Crippen LogP contribution >= 0.6 is 15.9 Å². The minimum absolute atomic E-state index is 0.129. The van der Waals surface area contributed by atoms with Gasteiger partial charge in [-0.05, 0) is 47.0 Å². The highest BCUT2D eigenvalue weighted by atomic mass is 79.9. The van der Waals surface area contributed by atoms with Crippen LogP contribution < -0.4 is 10.6 Å². The van der Waals surface area contributed by atoms with Crippen molar-refractivity contribution in [1.29, 1.82) is 0 Å². The van der Waals surface area contributed by atoms with E-state index in [9.17, 15) is 0 Å². The molecule has 1 aromatic carbocycles. The van der Waals surface area contributed by atoms with E-state index in [-0.39, 0.29) is 5.84 Å². The third-order valence-corrected chi connectivity index (χ3v) is 3.96. The molecule has 0 radical (unpaired) electrons. The molecule has 1 aliphatic heterocycles. The largest absolute Gasteiger partial charge is 0.409 e. The van der Waals surface area contributed by atoms with E-state index in [1.54, 1.807) is 0 Å². The summed E-state index contributed by atoms with van der Waals surface area (Å²) in [6, 6.07) is 5.96. The van der Waals surface area contributed by atoms with Crippen LogP contribution in [-0.2, 0) is 0 Å². The second-order valence-corrected chi connectivity index (χ2v) is 5.40. The summed E-state index contributed by atoms with van der Waals surface area (Å²) in [5, 5.41) is 11.7. The van der Waals surface area contributed by atoms with Crippen LogP contribution in [0.2, 0.25) is 0 Å². The second kappa shape index (κ2) is 6.09. The van der Waals surface area contributed by atoms with Gasteiger partial charge in [-0.15, -0.1) is 0 Å². The molecule has 0 aromatic heterocycles. The van der Waals surface area contributed by atoms with Crippen molar-refractivity contribution in [2.75, 3.05) is 18.0 Å². The summed E-state index contributed by atoms with van der Waals surface area (Å²) >= 11 is 3.48. The zero-order chi connectivity index (χ0) is 13.0. The molecule has 1 fully saturated rings. The fourth-order valence-electron chi connectivity index (χ4n) is 2.29. The van der Waals surface area contributed by atoms with Crippen LogP contribution in [0.1, 0.15) is 31.2 Å². The van der Waals surface area contributed by atoms with Crippen LogP contribution in [-0.4, -0.2) is 24.1 Å². The molecule has 0 saturated carbocycles. The number of oxime groups is 1. The van der Waals surface area contributed by atoms with Crippen LogP contribution in [0.25, 0.3) is 0 Å². The van der Waals surface area contributed by atoms with E-state index in [0.29, 0.717) is 0 Å². The van der Waals surface area contributed by atoms with Gasteiger partial charge in [-0.3, -0.25) is 0 Å². The summed E-state index contributed by atoms with van der Waals surface area (Å²) in [7, 11) is 0. The summed E-state index contributed by atoms with van der Waals surface area (Å²) in [4.78, 5) is 2.40. The molecule has 1 heterocycles. The Bertz CT molecular complexity index is 440. The molecule has 98 valence electrons. The average Bonchev–Trinajstić information content (AvgIpc) is 2.66. The lowest BCUT2D eigenvalue weighted by atomic mass is 10.1. The first-order chi connectivity index (χ1) is 8.72. The average molecular weight is 312 g/mol. The Labute approximate surface area is 116 Å². The van der Waals surface area contributed by atoms with E-state index in [4.69, 9.17) is 10.9 Å². The molecule has 0 atom stereocenters. The van der Waals surface area contributed by atoms with Crippen LogP contribution in [0.4, 0.5) is 5.69 Å². The van der Waals surface area contributed by atoms with Crippen molar-refractivity contribution < 1.29 is 5.21 Å². The van der Waals surface area contributed by atoms with Gasteiger partial charge in [0.1, 0.15) is 0 Å². The molecule has 1 aromatic rings. The molecule has 0 amide bonds. The quantitative estimate of drug-likeness (QED) is 0.382. The summed E-state index contributed by atoms with van der Waals surface area (Å²) in [6.45, 7) is 2.21. The maximum Gasteiger partial charge on any atom is 0.171 e. The van der Waals surface area contributed by atoms with E-state index in [1.165, 1.54) is 31.4 Å². The van der Waals surface area contributed by atoms with Gasteiger partial charge in [0.25, 0.3) is 0 Å². The molecule has 18 heavy (non-hydrogen) atoms. The number of nitrogens with two attached hydrogens (primary N) is 1. The number of rotatable bonds is 2. The smallest absolute Gasteiger partial charge is 0.171 e. The van der Waals surface area contributed by atoms with Crippen molar-refractivity contribution in [2.45, 2.75) is 25.7 Å². The van der Waals surface area contributed by atoms with E-state index in [0.717, 1.165) is 23.1 Å². The fraction of sp³-hybridized carbons (Fsp3) is 0.462. The normalized spacial score (nSPS) is 17.6. The van der Waals surface area contributed by atoms with Gasteiger partial charge in [0.2, 0.25) is 0 Å². The predicted octanol–water partition coefficient (Wildman–Crippen LogP) is 2.92. The number of nitrogens with zero attached hydrogens (tertiary/aromatic N) is 2. The van der Waals surface area contributed by atoms with Crippen molar-refractivity contribution >= 4 is 27.5 Å². The third-order valence-electron chi connectivity index (χ3n) is 3.31.